The molecule has 0 radical (unpaired) electrons. The van der Waals surface area contributed by atoms with Crippen LogP contribution in [-0.4, -0.2) is 4.98 Å². The molecule has 0 saturated heterocycles. The van der Waals surface area contributed by atoms with E-state index >= 15 is 0 Å². The summed E-state index contributed by atoms with van der Waals surface area (Å²) in [6.45, 7) is 2.68. The summed E-state index contributed by atoms with van der Waals surface area (Å²) in [7, 11) is 0. The predicted octanol–water partition coefficient (Wildman–Crippen LogP) is 4.31. The first-order valence-corrected chi connectivity index (χ1v) is 6.02. The minimum Gasteiger partial charge on any atom is -0.378 e. The molecule has 0 unspecified atom stereocenters. The van der Waals surface area contributed by atoms with Crippen LogP contribution in [0, 0.1) is 6.92 Å². The highest BCUT2D eigenvalue weighted by Crippen LogP contribution is 2.25. The number of halogens is 2. The molecule has 0 saturated carbocycles. The lowest BCUT2D eigenvalue weighted by Crippen LogP contribution is -2.03. The molecular weight excluding hydrogens is 255 g/mol. The number of hydrogen-bond donors (Lipinski definition) is 1. The molecule has 0 spiro atoms. The molecule has 0 bridgehead atoms. The molecule has 17 heavy (non-hydrogen) atoms. The maximum Gasteiger partial charge on any atom is 0.0652 e. The fourth-order valence-corrected chi connectivity index (χ4v) is 1.99. The van der Waals surface area contributed by atoms with Crippen molar-refractivity contribution in [2.24, 2.45) is 0 Å². The monoisotopic (exact) mass is 266 g/mol. The Balaban J connectivity index is 2.10. The van der Waals surface area contributed by atoms with Gasteiger partial charge in [0.25, 0.3) is 0 Å². The molecule has 2 rings (SSSR count). The van der Waals surface area contributed by atoms with Crippen LogP contribution in [0.5, 0.6) is 0 Å². The minimum absolute atomic E-state index is 0.617. The van der Waals surface area contributed by atoms with Gasteiger partial charge in [0.05, 0.1) is 22.9 Å². The Labute approximate surface area is 111 Å². The number of hydrogen-bond acceptors (Lipinski definition) is 2. The molecule has 0 fully saturated rings. The van der Waals surface area contributed by atoms with E-state index in [-0.39, 0.29) is 0 Å². The normalized spacial score (nSPS) is 10.3. The molecule has 1 aromatic heterocycles. The molecule has 1 heterocycles. The number of rotatable bonds is 3. The summed E-state index contributed by atoms with van der Waals surface area (Å²) < 4.78 is 0. The lowest BCUT2D eigenvalue weighted by atomic mass is 10.2. The molecule has 1 N–H and O–H groups in total. The molecule has 88 valence electrons. The fraction of sp³-hybridized carbons (Fsp3) is 0.154. The third-order valence-electron chi connectivity index (χ3n) is 2.50. The first-order chi connectivity index (χ1) is 8.16. The van der Waals surface area contributed by atoms with Crippen LogP contribution in [0.4, 0.5) is 5.69 Å². The van der Waals surface area contributed by atoms with Gasteiger partial charge in [-0.05, 0) is 36.8 Å². The van der Waals surface area contributed by atoms with Gasteiger partial charge in [0.2, 0.25) is 0 Å². The van der Waals surface area contributed by atoms with Gasteiger partial charge in [-0.3, -0.25) is 4.98 Å². The summed E-state index contributed by atoms with van der Waals surface area (Å²) >= 11 is 11.9. The largest absolute Gasteiger partial charge is 0.378 e. The zero-order valence-corrected chi connectivity index (χ0v) is 10.9. The van der Waals surface area contributed by atoms with Crippen molar-refractivity contribution in [3.63, 3.8) is 0 Å². The maximum atomic E-state index is 6.07. The van der Waals surface area contributed by atoms with Crippen LogP contribution in [0.3, 0.4) is 0 Å². The molecule has 1 aromatic carbocycles. The standard InChI is InChI=1S/C13H12Cl2N2/c1-9-3-2-6-16-13(9)8-17-12-5-4-10(14)7-11(12)15/h2-7,17H,8H2,1H3. The zero-order valence-electron chi connectivity index (χ0n) is 9.37. The summed E-state index contributed by atoms with van der Waals surface area (Å²) in [6.07, 6.45) is 1.79. The molecule has 0 aliphatic rings. The third-order valence-corrected chi connectivity index (χ3v) is 3.04. The zero-order chi connectivity index (χ0) is 12.3. The van der Waals surface area contributed by atoms with Crippen molar-refractivity contribution in [1.29, 1.82) is 0 Å². The molecular formula is C13H12Cl2N2. The first-order valence-electron chi connectivity index (χ1n) is 5.26. The van der Waals surface area contributed by atoms with E-state index in [1.807, 2.05) is 25.1 Å². The Morgan fingerprint density at radius 3 is 2.76 bits per heavy atom. The van der Waals surface area contributed by atoms with Gasteiger partial charge in [-0.15, -0.1) is 0 Å². The van der Waals surface area contributed by atoms with E-state index in [1.165, 1.54) is 0 Å². The number of anilines is 1. The third kappa shape index (κ3) is 3.11. The van der Waals surface area contributed by atoms with Gasteiger partial charge in [-0.25, -0.2) is 0 Å². The van der Waals surface area contributed by atoms with Gasteiger partial charge < -0.3 is 5.32 Å². The van der Waals surface area contributed by atoms with Crippen molar-refractivity contribution in [3.05, 3.63) is 57.8 Å². The van der Waals surface area contributed by atoms with E-state index in [9.17, 15) is 0 Å². The van der Waals surface area contributed by atoms with Gasteiger partial charge in [0.1, 0.15) is 0 Å². The molecule has 0 aliphatic heterocycles. The number of pyridine rings is 1. The van der Waals surface area contributed by atoms with Crippen molar-refractivity contribution in [3.8, 4) is 0 Å². The van der Waals surface area contributed by atoms with Crippen LogP contribution in [0.2, 0.25) is 10.0 Å². The van der Waals surface area contributed by atoms with E-state index < -0.39 is 0 Å². The predicted molar refractivity (Wildman–Crippen MR) is 72.8 cm³/mol. The average molecular weight is 267 g/mol. The van der Waals surface area contributed by atoms with Gasteiger partial charge in [0.15, 0.2) is 0 Å². The second kappa shape index (κ2) is 5.39. The summed E-state index contributed by atoms with van der Waals surface area (Å²) in [6, 6.07) is 9.35. The van der Waals surface area contributed by atoms with Crippen LogP contribution in [0.15, 0.2) is 36.5 Å². The topological polar surface area (TPSA) is 24.9 Å². The maximum absolute atomic E-state index is 6.07. The van der Waals surface area contributed by atoms with E-state index in [0.29, 0.717) is 16.6 Å². The van der Waals surface area contributed by atoms with Crippen LogP contribution < -0.4 is 5.32 Å². The Kier molecular flexibility index (Phi) is 3.87. The number of aryl methyl sites for hydroxylation is 1. The second-order valence-corrected chi connectivity index (χ2v) is 4.59. The Hall–Kier alpha value is -1.25. The number of nitrogens with zero attached hydrogens (tertiary/aromatic N) is 1. The van der Waals surface area contributed by atoms with Crippen molar-refractivity contribution in [2.45, 2.75) is 13.5 Å². The number of benzene rings is 1. The van der Waals surface area contributed by atoms with E-state index in [1.54, 1.807) is 18.3 Å². The van der Waals surface area contributed by atoms with E-state index in [2.05, 4.69) is 10.3 Å². The average Bonchev–Trinajstić information content (AvgIpc) is 2.30. The van der Waals surface area contributed by atoms with E-state index in [4.69, 9.17) is 23.2 Å². The van der Waals surface area contributed by atoms with Gasteiger partial charge in [0, 0.05) is 11.2 Å². The Bertz CT molecular complexity index is 527. The van der Waals surface area contributed by atoms with Crippen molar-refractivity contribution in [1.82, 2.24) is 4.98 Å². The summed E-state index contributed by atoms with van der Waals surface area (Å²) in [4.78, 5) is 4.31. The second-order valence-electron chi connectivity index (χ2n) is 3.74. The van der Waals surface area contributed by atoms with Crippen molar-refractivity contribution >= 4 is 28.9 Å². The van der Waals surface area contributed by atoms with Crippen molar-refractivity contribution < 1.29 is 0 Å². The van der Waals surface area contributed by atoms with Gasteiger partial charge in [-0.2, -0.15) is 0 Å². The molecule has 4 heteroatoms. The first kappa shape index (κ1) is 12.2. The highest BCUT2D eigenvalue weighted by molar-refractivity contribution is 6.36. The van der Waals surface area contributed by atoms with Crippen LogP contribution in [0.25, 0.3) is 0 Å². The molecule has 0 amide bonds. The van der Waals surface area contributed by atoms with Crippen molar-refractivity contribution in [2.75, 3.05) is 5.32 Å². The van der Waals surface area contributed by atoms with Crippen LogP contribution in [-0.2, 0) is 6.54 Å². The lowest BCUT2D eigenvalue weighted by Gasteiger charge is -2.09. The van der Waals surface area contributed by atoms with E-state index in [0.717, 1.165) is 16.9 Å². The quantitative estimate of drug-likeness (QED) is 0.896. The minimum atomic E-state index is 0.617. The molecule has 2 nitrogen and oxygen atoms in total. The number of nitrogens with one attached hydrogen (secondary N) is 1. The lowest BCUT2D eigenvalue weighted by molar-refractivity contribution is 1.02. The van der Waals surface area contributed by atoms with Gasteiger partial charge >= 0.3 is 0 Å². The van der Waals surface area contributed by atoms with Crippen LogP contribution in [0.1, 0.15) is 11.3 Å². The molecule has 0 aliphatic carbocycles. The SMILES string of the molecule is Cc1cccnc1CNc1ccc(Cl)cc1Cl. The fourth-order valence-electron chi connectivity index (χ4n) is 1.52. The molecule has 2 aromatic rings. The Morgan fingerprint density at radius 1 is 1.24 bits per heavy atom. The Morgan fingerprint density at radius 2 is 2.06 bits per heavy atom. The highest BCUT2D eigenvalue weighted by Gasteiger charge is 2.02. The summed E-state index contributed by atoms with van der Waals surface area (Å²) in [5.41, 5.74) is 3.03. The van der Waals surface area contributed by atoms with Crippen LogP contribution >= 0.6 is 23.2 Å². The molecule has 0 atom stereocenters. The highest BCUT2D eigenvalue weighted by atomic mass is 35.5. The summed E-state index contributed by atoms with van der Waals surface area (Å²) in [5.74, 6) is 0. The smallest absolute Gasteiger partial charge is 0.0652 e. The number of aromatic nitrogens is 1. The summed E-state index contributed by atoms with van der Waals surface area (Å²) in [5, 5.41) is 4.49. The van der Waals surface area contributed by atoms with Gasteiger partial charge in [-0.1, -0.05) is 29.3 Å².